The van der Waals surface area contributed by atoms with E-state index in [2.05, 4.69) is 50.4 Å². The number of nitrogens with zero attached hydrogens (tertiary/aromatic N) is 4. The zero-order chi connectivity index (χ0) is 73.4. The Morgan fingerprint density at radius 2 is 1.16 bits per heavy atom. The van der Waals surface area contributed by atoms with Crippen LogP contribution in [0.5, 0.6) is 0 Å². The van der Waals surface area contributed by atoms with Gasteiger partial charge in [-0.25, -0.2) is 13.6 Å². The third kappa shape index (κ3) is 22.9. The number of amides is 2. The van der Waals surface area contributed by atoms with Gasteiger partial charge in [0.25, 0.3) is 40.5 Å². The molecule has 9 N–H and O–H groups in total. The maximum absolute atomic E-state index is 12.8. The summed E-state index contributed by atoms with van der Waals surface area (Å²) in [7, 11) is -21.4. The monoisotopic (exact) mass is 1490 g/mol. The number of primary sulfonamides is 1. The summed E-state index contributed by atoms with van der Waals surface area (Å²) in [4.78, 5) is 26.6. The molecule has 5 aromatic carbocycles. The molecule has 0 bridgehead atoms. The van der Waals surface area contributed by atoms with E-state index in [0.29, 0.717) is 138 Å². The number of allylic oxidation sites excluding steroid dienone is 8. The summed E-state index contributed by atoms with van der Waals surface area (Å²) >= 11 is 0. The summed E-state index contributed by atoms with van der Waals surface area (Å²) in [6, 6.07) is 29.8. The molecule has 0 spiro atoms. The highest BCUT2D eigenvalue weighted by Crippen LogP contribution is 2.50. The molecule has 3 aliphatic rings. The van der Waals surface area contributed by atoms with Gasteiger partial charge in [0.2, 0.25) is 27.5 Å². The summed E-state index contributed by atoms with van der Waals surface area (Å²) in [5.41, 5.74) is 9.18. The van der Waals surface area contributed by atoms with Gasteiger partial charge in [0.15, 0.2) is 5.71 Å². The van der Waals surface area contributed by atoms with E-state index in [4.69, 9.17) is 14.6 Å². The van der Waals surface area contributed by atoms with E-state index in [1.54, 1.807) is 36.4 Å². The van der Waals surface area contributed by atoms with Crippen LogP contribution in [0.3, 0.4) is 0 Å². The first-order valence-corrected chi connectivity index (χ1v) is 40.8. The Hall–Kier alpha value is -7.66. The average molecular weight is 1490 g/mol. The number of hydrogen-bond acceptors (Lipinski definition) is 18. The van der Waals surface area contributed by atoms with E-state index in [1.165, 1.54) is 48.5 Å². The number of sulfonamides is 1. The predicted molar refractivity (Wildman–Crippen MR) is 386 cm³/mol. The molecule has 0 saturated heterocycles. The van der Waals surface area contributed by atoms with E-state index in [0.717, 1.165) is 57.8 Å². The van der Waals surface area contributed by atoms with Crippen LogP contribution in [0.1, 0.15) is 121 Å². The van der Waals surface area contributed by atoms with Crippen LogP contribution in [0.15, 0.2) is 175 Å². The highest BCUT2D eigenvalue weighted by Gasteiger charge is 2.45. The minimum atomic E-state index is -4.58. The van der Waals surface area contributed by atoms with Crippen LogP contribution >= 0.6 is 0 Å². The molecule has 5 aromatic rings. The largest absolute Gasteiger partial charge is 0.385 e. The molecule has 8 rings (SSSR count). The fraction of sp³-hybridized carbons (Fsp3) is 0.414. The third-order valence-electron chi connectivity index (χ3n) is 17.7. The van der Waals surface area contributed by atoms with Gasteiger partial charge in [-0.2, -0.15) is 48.5 Å². The van der Waals surface area contributed by atoms with Crippen molar-refractivity contribution in [1.29, 1.82) is 0 Å². The highest BCUT2D eigenvalue weighted by atomic mass is 32.2. The van der Waals surface area contributed by atoms with Gasteiger partial charge in [0.1, 0.15) is 6.54 Å². The van der Waals surface area contributed by atoms with Crippen LogP contribution in [0.25, 0.3) is 5.57 Å². The van der Waals surface area contributed by atoms with Gasteiger partial charge in [0.05, 0.1) is 69.4 Å². The first kappa shape index (κ1) is 79.0. The van der Waals surface area contributed by atoms with Crippen molar-refractivity contribution in [2.45, 2.75) is 130 Å². The number of aryl methyl sites for hydroxylation is 1. The number of nitrogens with one attached hydrogen (secondary N) is 3. The number of azo groups is 1. The van der Waals surface area contributed by atoms with Gasteiger partial charge in [-0.3, -0.25) is 27.8 Å². The normalized spacial score (nSPS) is 16.4. The molecule has 2 amide bonds. The highest BCUT2D eigenvalue weighted by molar-refractivity contribution is 7.89. The van der Waals surface area contributed by atoms with Crippen molar-refractivity contribution in [2.24, 2.45) is 15.4 Å². The standard InChI is InChI=1S/C70H88N8O18S5/c1-69(2)60-48-58(100(89,90)91)30-32-62(60)77(40-7-9-46-97(81,82)83)64(69)34-20-51-13-11-14-52(21-35-65-70(3,4)61-49-59(101(92,93)94)31-33-63(61)78(65)41-8-10-47-98(84,85)86)68(51)53-18-16-50(17-19-53)12-5-6-15-66(79)73-38-42-95-44-45-96-43-39-74-67(80)36-37-72-54-22-24-55(25-23-54)75-76-56-26-28-57(29-27-56)99(71,87)88/h16-35,48-49H,5-15,36-47H2,1-4H3,(H8-,71,72,73,74,76,79,80,81,82,83,84,85,86,87,88,89,90,91,92,93,94)/p+1. The molecule has 546 valence electrons. The molecule has 26 nitrogen and oxygen atoms in total. The van der Waals surface area contributed by atoms with E-state index in [9.17, 15) is 69.9 Å². The first-order chi connectivity index (χ1) is 47.6. The lowest BCUT2D eigenvalue weighted by Gasteiger charge is -2.28. The Bertz CT molecular complexity index is 4610. The van der Waals surface area contributed by atoms with Crippen molar-refractivity contribution in [2.75, 3.05) is 80.9 Å². The van der Waals surface area contributed by atoms with Crippen molar-refractivity contribution in [3.63, 3.8) is 0 Å². The summed E-state index contributed by atoms with van der Waals surface area (Å²) in [5, 5.41) is 22.3. The molecule has 0 aromatic heterocycles. The SMILES string of the molecule is CC1(C)C(/C=C/C2=C(c3ccc(CCCCC(=O)NCCOCCOCCNC(=O)CCNc4ccc(/N=N/c5ccc(S(N)(=O)=O)cc5)cc4)cc3)C(=C/C=C3/N(CCCCS(=O)(=O)O)c4ccc(S(=O)(=O)O)cc4C3(C)C)/CCC2)=[N+](CCCCS(=O)(=O)O)c2ccc(S(=O)(=O)O)cc21. The van der Waals surface area contributed by atoms with Crippen molar-refractivity contribution in [3.8, 4) is 0 Å². The Balaban J connectivity index is 0.866. The lowest BCUT2D eigenvalue weighted by Crippen LogP contribution is -2.29. The summed E-state index contributed by atoms with van der Waals surface area (Å²) in [5.74, 6) is -1.13. The fourth-order valence-electron chi connectivity index (χ4n) is 12.5. The molecule has 31 heteroatoms. The molecule has 2 heterocycles. The van der Waals surface area contributed by atoms with E-state index < -0.39 is 72.8 Å². The van der Waals surface area contributed by atoms with Crippen LogP contribution in [0.4, 0.5) is 28.4 Å². The molecule has 0 saturated carbocycles. The molecule has 0 radical (unpaired) electrons. The first-order valence-electron chi connectivity index (χ1n) is 33.1. The second-order valence-corrected chi connectivity index (χ2v) is 33.4. The van der Waals surface area contributed by atoms with Crippen molar-refractivity contribution < 1.29 is 83.9 Å². The van der Waals surface area contributed by atoms with Gasteiger partial charge in [-0.1, -0.05) is 50.3 Å². The number of benzene rings is 5. The Morgan fingerprint density at radius 1 is 0.594 bits per heavy atom. The number of carbonyl (C=O) groups excluding carboxylic acids is 2. The van der Waals surface area contributed by atoms with Crippen molar-refractivity contribution >= 4 is 102 Å². The second kappa shape index (κ2) is 34.5. The molecule has 0 unspecified atom stereocenters. The molecule has 2 aliphatic heterocycles. The number of nitrogens with two attached hydrogens (primary N) is 1. The van der Waals surface area contributed by atoms with Gasteiger partial charge >= 0.3 is 0 Å². The Kier molecular flexibility index (Phi) is 27.0. The van der Waals surface area contributed by atoms with Gasteiger partial charge < -0.3 is 30.3 Å². The maximum Gasteiger partial charge on any atom is 0.294 e. The van der Waals surface area contributed by atoms with Gasteiger partial charge in [-0.15, -0.1) is 0 Å². The molecule has 1 aliphatic carbocycles. The number of carbonyl (C=O) groups is 2. The maximum atomic E-state index is 12.8. The summed E-state index contributed by atoms with van der Waals surface area (Å²) in [6.45, 7) is 10.6. The van der Waals surface area contributed by atoms with E-state index in [-0.39, 0.29) is 45.8 Å². The quantitative estimate of drug-likeness (QED) is 0.00792. The van der Waals surface area contributed by atoms with E-state index in [1.807, 2.05) is 61.5 Å². The Morgan fingerprint density at radius 3 is 1.75 bits per heavy atom. The van der Waals surface area contributed by atoms with Crippen LogP contribution < -0.4 is 26.0 Å². The second-order valence-electron chi connectivity index (χ2n) is 25.9. The number of rotatable bonds is 37. The Labute approximate surface area is 592 Å². The van der Waals surface area contributed by atoms with Gasteiger partial charge in [0, 0.05) is 85.6 Å². The molecular formula is C70H89N8O18S5+. The molecule has 101 heavy (non-hydrogen) atoms. The third-order valence-corrected chi connectivity index (χ3v) is 21.9. The minimum Gasteiger partial charge on any atom is -0.385 e. The van der Waals surface area contributed by atoms with Gasteiger partial charge in [-0.05, 0) is 190 Å². The number of anilines is 2. The molecular weight excluding hydrogens is 1400 g/mol. The zero-order valence-corrected chi connectivity index (χ0v) is 61.0. The minimum absolute atomic E-state index is 0.0195. The fourth-order valence-corrected chi connectivity index (χ4v) is 15.1. The predicted octanol–water partition coefficient (Wildman–Crippen LogP) is 10.2. The molecule has 0 fully saturated rings. The average Bonchev–Trinajstić information content (AvgIpc) is 1.59. The zero-order valence-electron chi connectivity index (χ0n) is 56.9. The molecule has 0 atom stereocenters. The summed E-state index contributed by atoms with van der Waals surface area (Å²) in [6.07, 6.45) is 13.8. The number of ether oxygens (including phenoxy) is 2. The number of hydrogen-bond donors (Lipinski definition) is 8. The number of fused-ring (bicyclic) bond motifs is 2. The van der Waals surface area contributed by atoms with E-state index >= 15 is 0 Å². The van der Waals surface area contributed by atoms with Crippen LogP contribution in [-0.2, 0) is 86.8 Å². The topological polar surface area (TPSA) is 397 Å². The van der Waals surface area contributed by atoms with Crippen LogP contribution in [0, 0.1) is 0 Å². The lowest BCUT2D eigenvalue weighted by atomic mass is 9.79. The smallest absolute Gasteiger partial charge is 0.294 e. The number of unbranched alkanes of at least 4 members (excludes halogenated alkanes) is 3. The van der Waals surface area contributed by atoms with Crippen molar-refractivity contribution in [3.05, 3.63) is 173 Å². The van der Waals surface area contributed by atoms with Crippen molar-refractivity contribution in [1.82, 2.24) is 10.6 Å². The van der Waals surface area contributed by atoms with Crippen LogP contribution in [-0.4, -0.2) is 153 Å². The lowest BCUT2D eigenvalue weighted by molar-refractivity contribution is -0.438. The summed E-state index contributed by atoms with van der Waals surface area (Å²) < 4.78 is 172. The van der Waals surface area contributed by atoms with Crippen LogP contribution in [0.2, 0.25) is 0 Å².